The van der Waals surface area contributed by atoms with E-state index in [1.165, 1.54) is 11.3 Å². The molecular weight excluding hydrogens is 210 g/mol. The second kappa shape index (κ2) is 4.09. The fraction of sp³-hybridized carbons (Fsp3) is 0.375. The van der Waals surface area contributed by atoms with Crippen LogP contribution < -0.4 is 5.73 Å². The summed E-state index contributed by atoms with van der Waals surface area (Å²) in [6.07, 6.45) is 0.298. The average Bonchev–Trinajstić information content (AvgIpc) is 2.36. The molecule has 0 saturated heterocycles. The maximum Gasteiger partial charge on any atom is 0.320 e. The Bertz CT molecular complexity index is 324. The maximum absolute atomic E-state index is 10.5. The lowest BCUT2D eigenvalue weighted by molar-refractivity contribution is -0.138. The zero-order valence-electron chi connectivity index (χ0n) is 7.08. The lowest BCUT2D eigenvalue weighted by Gasteiger charge is -2.04. The van der Waals surface area contributed by atoms with Crippen LogP contribution in [0.15, 0.2) is 5.38 Å². The van der Waals surface area contributed by atoms with Crippen LogP contribution in [0.2, 0.25) is 5.02 Å². The van der Waals surface area contributed by atoms with Gasteiger partial charge in [0, 0.05) is 11.3 Å². The lowest BCUT2D eigenvalue weighted by Crippen LogP contribution is -2.31. The van der Waals surface area contributed by atoms with Gasteiger partial charge in [0.05, 0.1) is 5.02 Å². The molecule has 3 nitrogen and oxygen atoms in total. The fourth-order valence-electron chi connectivity index (χ4n) is 0.908. The molecule has 1 atom stereocenters. The van der Waals surface area contributed by atoms with Crippen LogP contribution in [0.3, 0.4) is 0 Å². The van der Waals surface area contributed by atoms with Gasteiger partial charge in [-0.1, -0.05) is 11.6 Å². The highest BCUT2D eigenvalue weighted by Gasteiger charge is 2.15. The summed E-state index contributed by atoms with van der Waals surface area (Å²) in [5.74, 6) is -0.998. The van der Waals surface area contributed by atoms with Crippen molar-refractivity contribution in [2.45, 2.75) is 19.4 Å². The van der Waals surface area contributed by atoms with Gasteiger partial charge < -0.3 is 10.8 Å². The van der Waals surface area contributed by atoms with Gasteiger partial charge in [-0.3, -0.25) is 4.79 Å². The van der Waals surface area contributed by atoms with Crippen molar-refractivity contribution in [1.82, 2.24) is 0 Å². The van der Waals surface area contributed by atoms with Gasteiger partial charge in [0.15, 0.2) is 0 Å². The molecule has 0 fully saturated rings. The highest BCUT2D eigenvalue weighted by Crippen LogP contribution is 2.27. The lowest BCUT2D eigenvalue weighted by atomic mass is 10.2. The molecule has 0 amide bonds. The average molecular weight is 220 g/mol. The van der Waals surface area contributed by atoms with E-state index in [4.69, 9.17) is 22.4 Å². The number of hydrogen-bond acceptors (Lipinski definition) is 3. The van der Waals surface area contributed by atoms with Crippen LogP contribution in [0.5, 0.6) is 0 Å². The van der Waals surface area contributed by atoms with E-state index in [-0.39, 0.29) is 0 Å². The minimum absolute atomic E-state index is 0.298. The summed E-state index contributed by atoms with van der Waals surface area (Å²) in [4.78, 5) is 11.3. The Hall–Kier alpha value is -0.580. The van der Waals surface area contributed by atoms with Gasteiger partial charge in [-0.2, -0.15) is 0 Å². The van der Waals surface area contributed by atoms with E-state index < -0.39 is 12.0 Å². The molecular formula is C8H10ClNO2S. The van der Waals surface area contributed by atoms with E-state index >= 15 is 0 Å². The van der Waals surface area contributed by atoms with Crippen LogP contribution in [-0.4, -0.2) is 17.1 Å². The van der Waals surface area contributed by atoms with E-state index in [0.29, 0.717) is 11.4 Å². The Morgan fingerprint density at radius 3 is 2.85 bits per heavy atom. The predicted octanol–water partition coefficient (Wildman–Crippen LogP) is 1.66. The molecule has 0 aliphatic heterocycles. The summed E-state index contributed by atoms with van der Waals surface area (Å²) in [6.45, 7) is 1.88. The van der Waals surface area contributed by atoms with Crippen molar-refractivity contribution in [1.29, 1.82) is 0 Å². The summed E-state index contributed by atoms with van der Waals surface area (Å²) in [5.41, 5.74) is 6.35. The third-order valence-corrected chi connectivity index (χ3v) is 3.46. The Morgan fingerprint density at radius 1 is 1.85 bits per heavy atom. The summed E-state index contributed by atoms with van der Waals surface area (Å²) < 4.78 is 0. The van der Waals surface area contributed by atoms with Crippen LogP contribution in [0.25, 0.3) is 0 Å². The third-order valence-electron chi connectivity index (χ3n) is 1.69. The molecule has 0 saturated carbocycles. The molecule has 3 N–H and O–H groups in total. The van der Waals surface area contributed by atoms with Crippen molar-refractivity contribution in [2.24, 2.45) is 5.73 Å². The van der Waals surface area contributed by atoms with Crippen molar-refractivity contribution in [3.8, 4) is 0 Å². The first-order valence-corrected chi connectivity index (χ1v) is 4.99. The van der Waals surface area contributed by atoms with Gasteiger partial charge in [-0.25, -0.2) is 0 Å². The number of carboxylic acids is 1. The number of rotatable bonds is 3. The van der Waals surface area contributed by atoms with Gasteiger partial charge in [0.25, 0.3) is 0 Å². The Morgan fingerprint density at radius 2 is 2.46 bits per heavy atom. The molecule has 1 unspecified atom stereocenters. The molecule has 1 rings (SSSR count). The number of thiophene rings is 1. The van der Waals surface area contributed by atoms with Crippen molar-refractivity contribution >= 4 is 28.9 Å². The van der Waals surface area contributed by atoms with E-state index in [2.05, 4.69) is 0 Å². The minimum atomic E-state index is -0.998. The van der Waals surface area contributed by atoms with Gasteiger partial charge in [-0.15, -0.1) is 11.3 Å². The van der Waals surface area contributed by atoms with E-state index in [0.717, 1.165) is 10.4 Å². The number of carbonyl (C=O) groups is 1. The molecule has 13 heavy (non-hydrogen) atoms. The molecule has 0 radical (unpaired) electrons. The Kier molecular flexibility index (Phi) is 3.30. The van der Waals surface area contributed by atoms with Gasteiger partial charge in [-0.05, 0) is 17.9 Å². The van der Waals surface area contributed by atoms with Gasteiger partial charge in [0.2, 0.25) is 0 Å². The zero-order chi connectivity index (χ0) is 10.0. The molecule has 1 heterocycles. The largest absolute Gasteiger partial charge is 0.480 e. The molecule has 72 valence electrons. The number of nitrogens with two attached hydrogens (primary N) is 1. The smallest absolute Gasteiger partial charge is 0.320 e. The monoisotopic (exact) mass is 219 g/mol. The van der Waals surface area contributed by atoms with Crippen LogP contribution in [0.1, 0.15) is 10.4 Å². The third kappa shape index (κ3) is 2.43. The quantitative estimate of drug-likeness (QED) is 0.813. The molecule has 5 heteroatoms. The first kappa shape index (κ1) is 10.5. The number of hydrogen-bond donors (Lipinski definition) is 2. The highest BCUT2D eigenvalue weighted by molar-refractivity contribution is 7.10. The van der Waals surface area contributed by atoms with Crippen molar-refractivity contribution in [2.75, 3.05) is 0 Å². The van der Waals surface area contributed by atoms with Crippen LogP contribution >= 0.6 is 22.9 Å². The minimum Gasteiger partial charge on any atom is -0.480 e. The fourth-order valence-corrected chi connectivity index (χ4v) is 2.21. The second-order valence-electron chi connectivity index (χ2n) is 2.80. The summed E-state index contributed by atoms with van der Waals surface area (Å²) >= 11 is 7.37. The van der Waals surface area contributed by atoms with E-state index in [1.54, 1.807) is 0 Å². The number of halogens is 1. The summed E-state index contributed by atoms with van der Waals surface area (Å²) in [5, 5.41) is 11.1. The first-order chi connectivity index (χ1) is 6.02. The Labute approximate surface area is 85.1 Å². The molecule has 0 aromatic carbocycles. The molecule has 0 spiro atoms. The van der Waals surface area contributed by atoms with Crippen LogP contribution in [0.4, 0.5) is 0 Å². The molecule has 0 bridgehead atoms. The van der Waals surface area contributed by atoms with Gasteiger partial charge >= 0.3 is 5.97 Å². The predicted molar refractivity (Wildman–Crippen MR) is 53.4 cm³/mol. The maximum atomic E-state index is 10.5. The second-order valence-corrected chi connectivity index (χ2v) is 4.15. The van der Waals surface area contributed by atoms with Crippen molar-refractivity contribution < 1.29 is 9.90 Å². The number of aliphatic carboxylic acids is 1. The highest BCUT2D eigenvalue weighted by atomic mass is 35.5. The number of aryl methyl sites for hydroxylation is 1. The standard InChI is InChI=1S/C8H10ClNO2S/c1-4-3-13-6(7(4)9)2-5(10)8(11)12/h3,5H,2,10H2,1H3,(H,11,12). The number of carboxylic acid groups (broad SMARTS) is 1. The first-order valence-electron chi connectivity index (χ1n) is 3.73. The zero-order valence-corrected chi connectivity index (χ0v) is 8.65. The SMILES string of the molecule is Cc1csc(CC(N)C(=O)O)c1Cl. The van der Waals surface area contributed by atoms with Crippen LogP contribution in [0, 0.1) is 6.92 Å². The van der Waals surface area contributed by atoms with E-state index in [1.807, 2.05) is 12.3 Å². The summed E-state index contributed by atoms with van der Waals surface area (Å²) in [6, 6.07) is -0.865. The van der Waals surface area contributed by atoms with E-state index in [9.17, 15) is 4.79 Å². The normalized spacial score (nSPS) is 12.8. The van der Waals surface area contributed by atoms with Gasteiger partial charge in [0.1, 0.15) is 6.04 Å². The summed E-state index contributed by atoms with van der Waals surface area (Å²) in [7, 11) is 0. The van der Waals surface area contributed by atoms with Crippen LogP contribution in [-0.2, 0) is 11.2 Å². The molecule has 0 aliphatic carbocycles. The Balaban J connectivity index is 2.74. The molecule has 1 aromatic heterocycles. The van der Waals surface area contributed by atoms with Crippen molar-refractivity contribution in [3.63, 3.8) is 0 Å². The molecule has 0 aliphatic rings. The van der Waals surface area contributed by atoms with Crippen molar-refractivity contribution in [3.05, 3.63) is 20.8 Å². The topological polar surface area (TPSA) is 63.3 Å². The molecule has 1 aromatic rings.